The zero-order chi connectivity index (χ0) is 18.2. The lowest BCUT2D eigenvalue weighted by molar-refractivity contribution is -0.0277. The number of nitrogens with two attached hydrogens (primary N) is 3. The number of aromatic nitrogens is 4. The summed E-state index contributed by atoms with van der Waals surface area (Å²) < 4.78 is 3.89. The Morgan fingerprint density at radius 3 is 2.50 bits per heavy atom. The summed E-state index contributed by atoms with van der Waals surface area (Å²) in [6.45, 7) is 0.0517. The number of hydrogen-bond donors (Lipinski definition) is 5. The minimum Gasteiger partial charge on any atom is -0.386 e. The summed E-state index contributed by atoms with van der Waals surface area (Å²) in [6.07, 6.45) is -1.38. The van der Waals surface area contributed by atoms with Gasteiger partial charge >= 0.3 is 5.69 Å². The average molecular weight is 341 g/mol. The van der Waals surface area contributed by atoms with Crippen LogP contribution in [0.15, 0.2) is 15.9 Å². The number of imidazole rings is 1. The number of aliphatic hydroxyl groups is 2. The predicted molar refractivity (Wildman–Crippen MR) is 86.8 cm³/mol. The Morgan fingerprint density at radius 1 is 1.29 bits per heavy atom. The monoisotopic (exact) mass is 341 g/mol. The normalized spacial score (nSPS) is 15.0. The molecule has 11 nitrogen and oxygen atoms in total. The zero-order valence-corrected chi connectivity index (χ0v) is 13.6. The van der Waals surface area contributed by atoms with Crippen molar-refractivity contribution in [3.05, 3.63) is 27.2 Å². The Labute approximate surface area is 136 Å². The smallest absolute Gasteiger partial charge is 0.332 e. The van der Waals surface area contributed by atoms with Crippen LogP contribution in [-0.4, -0.2) is 46.9 Å². The second-order valence-electron chi connectivity index (χ2n) is 5.98. The van der Waals surface area contributed by atoms with E-state index in [0.717, 1.165) is 4.57 Å². The molecule has 0 fully saturated rings. The van der Waals surface area contributed by atoms with Gasteiger partial charge in [0, 0.05) is 20.6 Å². The van der Waals surface area contributed by atoms with Gasteiger partial charge in [0.2, 0.25) is 0 Å². The molecule has 134 valence electrons. The molecule has 0 aliphatic carbocycles. The number of aryl methyl sites for hydroxylation is 2. The Balaban J connectivity index is 2.27. The molecule has 0 saturated carbocycles. The van der Waals surface area contributed by atoms with E-state index in [9.17, 15) is 19.8 Å². The molecule has 11 heteroatoms. The van der Waals surface area contributed by atoms with Crippen molar-refractivity contribution in [1.82, 2.24) is 18.7 Å². The van der Waals surface area contributed by atoms with E-state index in [0.29, 0.717) is 11.2 Å². The molecule has 0 aliphatic rings. The SMILES string of the molecule is Cn1cnc2c1c(=O)n(CCCC(N)(N)C(O)C(N)O)c(=O)n2C. The fourth-order valence-electron chi connectivity index (χ4n) is 2.60. The third kappa shape index (κ3) is 3.12. The van der Waals surface area contributed by atoms with E-state index in [2.05, 4.69) is 4.98 Å². The van der Waals surface area contributed by atoms with Crippen molar-refractivity contribution < 1.29 is 10.2 Å². The highest BCUT2D eigenvalue weighted by Gasteiger charge is 2.32. The lowest BCUT2D eigenvalue weighted by atomic mass is 9.98. The van der Waals surface area contributed by atoms with Crippen molar-refractivity contribution in [3.8, 4) is 0 Å². The lowest BCUT2D eigenvalue weighted by Gasteiger charge is -2.31. The molecule has 0 amide bonds. The molecule has 0 saturated heterocycles. The van der Waals surface area contributed by atoms with Crippen LogP contribution in [0.4, 0.5) is 0 Å². The maximum absolute atomic E-state index is 12.5. The van der Waals surface area contributed by atoms with Crippen LogP contribution >= 0.6 is 0 Å². The third-order valence-corrected chi connectivity index (χ3v) is 4.07. The van der Waals surface area contributed by atoms with E-state index in [4.69, 9.17) is 17.2 Å². The molecule has 2 aromatic heterocycles. The second-order valence-corrected chi connectivity index (χ2v) is 5.98. The largest absolute Gasteiger partial charge is 0.386 e. The molecule has 0 aromatic carbocycles. The van der Waals surface area contributed by atoms with Crippen molar-refractivity contribution in [2.24, 2.45) is 31.3 Å². The first-order chi connectivity index (χ1) is 11.1. The number of fused-ring (bicyclic) bond motifs is 1. The summed E-state index contributed by atoms with van der Waals surface area (Å²) in [4.78, 5) is 28.9. The summed E-state index contributed by atoms with van der Waals surface area (Å²) in [5.41, 5.74) is 14.6. The van der Waals surface area contributed by atoms with E-state index in [-0.39, 0.29) is 19.4 Å². The van der Waals surface area contributed by atoms with Crippen molar-refractivity contribution >= 4 is 11.2 Å². The van der Waals surface area contributed by atoms with Crippen LogP contribution in [0.25, 0.3) is 11.2 Å². The fourth-order valence-corrected chi connectivity index (χ4v) is 2.60. The maximum atomic E-state index is 12.5. The van der Waals surface area contributed by atoms with Gasteiger partial charge < -0.3 is 32.0 Å². The Bertz CT molecular complexity index is 848. The molecule has 8 N–H and O–H groups in total. The molecular weight excluding hydrogens is 318 g/mol. The van der Waals surface area contributed by atoms with Crippen LogP contribution in [0.2, 0.25) is 0 Å². The van der Waals surface area contributed by atoms with Gasteiger partial charge in [-0.1, -0.05) is 0 Å². The van der Waals surface area contributed by atoms with Gasteiger partial charge in [0.1, 0.15) is 12.3 Å². The van der Waals surface area contributed by atoms with Crippen LogP contribution in [0.5, 0.6) is 0 Å². The molecule has 0 bridgehead atoms. The van der Waals surface area contributed by atoms with Gasteiger partial charge in [-0.15, -0.1) is 0 Å². The molecular formula is C13H23N7O4. The summed E-state index contributed by atoms with van der Waals surface area (Å²) in [5, 5.41) is 18.9. The molecule has 0 spiro atoms. The Morgan fingerprint density at radius 2 is 1.92 bits per heavy atom. The summed E-state index contributed by atoms with van der Waals surface area (Å²) >= 11 is 0. The van der Waals surface area contributed by atoms with Crippen molar-refractivity contribution in [2.45, 2.75) is 37.4 Å². The Hall–Kier alpha value is -2.05. The third-order valence-electron chi connectivity index (χ3n) is 4.07. The fraction of sp³-hybridized carbons (Fsp3) is 0.615. The molecule has 24 heavy (non-hydrogen) atoms. The summed E-state index contributed by atoms with van der Waals surface area (Å²) in [7, 11) is 3.19. The van der Waals surface area contributed by atoms with Crippen molar-refractivity contribution in [3.63, 3.8) is 0 Å². The van der Waals surface area contributed by atoms with Crippen LogP contribution in [0, 0.1) is 0 Å². The number of nitrogens with zero attached hydrogens (tertiary/aromatic N) is 4. The van der Waals surface area contributed by atoms with Crippen LogP contribution in [0.1, 0.15) is 12.8 Å². The van der Waals surface area contributed by atoms with E-state index < -0.39 is 29.2 Å². The molecule has 2 heterocycles. The molecule has 2 atom stereocenters. The van der Waals surface area contributed by atoms with E-state index >= 15 is 0 Å². The zero-order valence-electron chi connectivity index (χ0n) is 13.6. The van der Waals surface area contributed by atoms with Crippen LogP contribution < -0.4 is 28.5 Å². The molecule has 2 unspecified atom stereocenters. The number of hydrogen-bond acceptors (Lipinski definition) is 8. The standard InChI is InChI=1S/C13H23N7O4/c1-18-6-17-10-7(18)11(23)20(12(24)19(10)2)5-3-4-13(15,16)8(21)9(14)22/h6,8-9,21-22H,3-5,14-16H2,1-2H3. The van der Waals surface area contributed by atoms with Gasteiger partial charge in [-0.05, 0) is 12.8 Å². The first-order valence-corrected chi connectivity index (χ1v) is 7.38. The summed E-state index contributed by atoms with van der Waals surface area (Å²) in [6, 6.07) is 0. The lowest BCUT2D eigenvalue weighted by Crippen LogP contribution is -2.64. The number of aliphatic hydroxyl groups excluding tert-OH is 2. The summed E-state index contributed by atoms with van der Waals surface area (Å²) in [5.74, 6) is 0. The molecule has 2 rings (SSSR count). The first kappa shape index (κ1) is 18.3. The molecule has 0 aliphatic heterocycles. The van der Waals surface area contributed by atoms with Crippen molar-refractivity contribution in [2.75, 3.05) is 0 Å². The first-order valence-electron chi connectivity index (χ1n) is 7.38. The van der Waals surface area contributed by atoms with E-state index in [1.165, 1.54) is 22.5 Å². The van der Waals surface area contributed by atoms with Gasteiger partial charge in [0.15, 0.2) is 11.2 Å². The van der Waals surface area contributed by atoms with Gasteiger partial charge in [0.25, 0.3) is 5.56 Å². The highest BCUT2D eigenvalue weighted by molar-refractivity contribution is 5.69. The van der Waals surface area contributed by atoms with Gasteiger partial charge in [-0.2, -0.15) is 0 Å². The van der Waals surface area contributed by atoms with E-state index in [1.807, 2.05) is 0 Å². The topological polar surface area (TPSA) is 180 Å². The quantitative estimate of drug-likeness (QED) is 0.335. The van der Waals surface area contributed by atoms with E-state index in [1.54, 1.807) is 7.05 Å². The van der Waals surface area contributed by atoms with Crippen LogP contribution in [-0.2, 0) is 20.6 Å². The van der Waals surface area contributed by atoms with Gasteiger partial charge in [-0.25, -0.2) is 9.78 Å². The second kappa shape index (κ2) is 6.45. The Kier molecular flexibility index (Phi) is 4.92. The van der Waals surface area contributed by atoms with Gasteiger partial charge in [0.05, 0.1) is 12.0 Å². The van der Waals surface area contributed by atoms with Crippen LogP contribution in [0.3, 0.4) is 0 Å². The predicted octanol–water partition coefficient (Wildman–Crippen LogP) is -3.53. The average Bonchev–Trinajstić information content (AvgIpc) is 2.89. The minimum absolute atomic E-state index is 0.0431. The molecule has 0 radical (unpaired) electrons. The van der Waals surface area contributed by atoms with Crippen molar-refractivity contribution in [1.29, 1.82) is 0 Å². The highest BCUT2D eigenvalue weighted by Crippen LogP contribution is 2.11. The number of rotatable bonds is 6. The highest BCUT2D eigenvalue weighted by atomic mass is 16.3. The maximum Gasteiger partial charge on any atom is 0.332 e. The van der Waals surface area contributed by atoms with Gasteiger partial charge in [-0.3, -0.25) is 13.9 Å². The minimum atomic E-state index is -1.64. The molecule has 2 aromatic rings.